The quantitative estimate of drug-likeness (QED) is 0.757. The molecule has 0 fully saturated rings. The van der Waals surface area contributed by atoms with Gasteiger partial charge in [-0.15, -0.1) is 0 Å². The average Bonchev–Trinajstić information content (AvgIpc) is 2.75. The Morgan fingerprint density at radius 2 is 2.06 bits per heavy atom. The number of hydrogen-bond donors (Lipinski definition) is 0. The number of ether oxygens (including phenoxy) is 2. The van der Waals surface area contributed by atoms with Crippen molar-refractivity contribution < 1.29 is 9.47 Å². The highest BCUT2D eigenvalue weighted by molar-refractivity contribution is 7.66. The molecule has 88 valence electrons. The molecule has 0 spiro atoms. The summed E-state index contributed by atoms with van der Waals surface area (Å²) in [6, 6.07) is 5.56. The second-order valence-electron chi connectivity index (χ2n) is 3.28. The van der Waals surface area contributed by atoms with Crippen LogP contribution in [0.25, 0.3) is 0 Å². The van der Waals surface area contributed by atoms with Crippen LogP contribution in [0.5, 0.6) is 11.5 Å². The van der Waals surface area contributed by atoms with Gasteiger partial charge in [0.25, 0.3) is 0 Å². The summed E-state index contributed by atoms with van der Waals surface area (Å²) in [7, 11) is 2.77. The van der Waals surface area contributed by atoms with Gasteiger partial charge in [0, 0.05) is 16.6 Å². The Kier molecular flexibility index (Phi) is 3.00. The Morgan fingerprint density at radius 1 is 1.24 bits per heavy atom. The zero-order valence-electron chi connectivity index (χ0n) is 8.55. The third-order valence-corrected chi connectivity index (χ3v) is 4.34. The van der Waals surface area contributed by atoms with Gasteiger partial charge in [0.05, 0.1) is 5.69 Å². The summed E-state index contributed by atoms with van der Waals surface area (Å²) in [6.45, 7) is 1.16. The molecule has 1 aromatic heterocycles. The summed E-state index contributed by atoms with van der Waals surface area (Å²) in [5.41, 5.74) is 0.785. The SMILES string of the molecule is Clc1nssc1=Nc1ccc2c(c1)OCCO2. The van der Waals surface area contributed by atoms with Crippen molar-refractivity contribution in [2.24, 2.45) is 4.99 Å². The zero-order valence-corrected chi connectivity index (χ0v) is 10.9. The number of halogens is 1. The van der Waals surface area contributed by atoms with Gasteiger partial charge in [0.2, 0.25) is 0 Å². The van der Waals surface area contributed by atoms with Crippen LogP contribution in [0.2, 0.25) is 5.15 Å². The van der Waals surface area contributed by atoms with E-state index in [1.165, 1.54) is 20.9 Å². The van der Waals surface area contributed by atoms with Crippen molar-refractivity contribution in [3.63, 3.8) is 0 Å². The van der Waals surface area contributed by atoms with Crippen molar-refractivity contribution in [1.29, 1.82) is 0 Å². The number of aromatic nitrogens is 1. The van der Waals surface area contributed by atoms with Crippen molar-refractivity contribution >= 4 is 38.2 Å². The van der Waals surface area contributed by atoms with Gasteiger partial charge < -0.3 is 9.47 Å². The van der Waals surface area contributed by atoms with Crippen molar-refractivity contribution in [1.82, 2.24) is 4.37 Å². The first-order valence-corrected chi connectivity index (χ1v) is 7.37. The molecule has 0 aliphatic carbocycles. The molecule has 3 rings (SSSR count). The van der Waals surface area contributed by atoms with Crippen LogP contribution in [0.15, 0.2) is 23.2 Å². The van der Waals surface area contributed by atoms with Gasteiger partial charge in [-0.3, -0.25) is 0 Å². The maximum Gasteiger partial charge on any atom is 0.179 e. The fraction of sp³-hybridized carbons (Fsp3) is 0.200. The molecule has 0 amide bonds. The molecule has 0 saturated carbocycles. The van der Waals surface area contributed by atoms with Crippen molar-refractivity contribution in [3.8, 4) is 11.5 Å². The van der Waals surface area contributed by atoms with E-state index in [1.54, 1.807) is 0 Å². The van der Waals surface area contributed by atoms with Gasteiger partial charge in [-0.2, -0.15) is 4.37 Å². The first kappa shape index (κ1) is 11.0. The molecule has 1 aliphatic heterocycles. The molecule has 0 unspecified atom stereocenters. The van der Waals surface area contributed by atoms with Crippen LogP contribution in [-0.4, -0.2) is 17.6 Å². The lowest BCUT2D eigenvalue weighted by Gasteiger charge is -2.17. The predicted octanol–water partition coefficient (Wildman–Crippen LogP) is 2.86. The molecule has 0 saturated heterocycles. The molecule has 0 bridgehead atoms. The molecule has 1 aliphatic rings. The first-order chi connectivity index (χ1) is 8.33. The van der Waals surface area contributed by atoms with E-state index in [0.29, 0.717) is 23.0 Å². The summed E-state index contributed by atoms with van der Waals surface area (Å²) in [5.74, 6) is 1.48. The highest BCUT2D eigenvalue weighted by atomic mass is 35.5. The zero-order chi connectivity index (χ0) is 11.7. The molecule has 0 N–H and O–H groups in total. The summed E-state index contributed by atoms with van der Waals surface area (Å²) >= 11 is 5.89. The summed E-state index contributed by atoms with van der Waals surface area (Å²) in [4.78, 5) is 4.41. The van der Waals surface area contributed by atoms with E-state index in [9.17, 15) is 0 Å². The predicted molar refractivity (Wildman–Crippen MR) is 67.7 cm³/mol. The monoisotopic (exact) mass is 286 g/mol. The Morgan fingerprint density at radius 3 is 2.82 bits per heavy atom. The largest absolute Gasteiger partial charge is 0.486 e. The molecule has 0 radical (unpaired) electrons. The average molecular weight is 287 g/mol. The molecule has 7 heteroatoms. The van der Waals surface area contributed by atoms with Crippen LogP contribution < -0.4 is 14.1 Å². The maximum atomic E-state index is 5.89. The minimum Gasteiger partial charge on any atom is -0.486 e. The van der Waals surface area contributed by atoms with E-state index in [-0.39, 0.29) is 0 Å². The molecular weight excluding hydrogens is 280 g/mol. The number of rotatable bonds is 1. The molecule has 1 aromatic carbocycles. The fourth-order valence-corrected chi connectivity index (χ4v) is 3.44. The van der Waals surface area contributed by atoms with E-state index in [2.05, 4.69) is 9.37 Å². The highest BCUT2D eigenvalue weighted by Crippen LogP contribution is 2.33. The Hall–Kier alpha value is -1.11. The molecule has 2 heterocycles. The lowest BCUT2D eigenvalue weighted by Crippen LogP contribution is -2.14. The molecule has 4 nitrogen and oxygen atoms in total. The first-order valence-electron chi connectivity index (χ1n) is 4.89. The summed E-state index contributed by atoms with van der Waals surface area (Å²) < 4.78 is 15.6. The smallest absolute Gasteiger partial charge is 0.179 e. The Bertz CT molecular complexity index is 608. The molecular formula is C10H7ClN2O2S2. The van der Waals surface area contributed by atoms with Gasteiger partial charge >= 0.3 is 0 Å². The normalized spacial score (nSPS) is 15.0. The van der Waals surface area contributed by atoms with Gasteiger partial charge in [0.1, 0.15) is 13.2 Å². The van der Waals surface area contributed by atoms with E-state index >= 15 is 0 Å². The third kappa shape index (κ3) is 2.29. The number of fused-ring (bicyclic) bond motifs is 1. The lowest BCUT2D eigenvalue weighted by atomic mass is 10.2. The summed E-state index contributed by atoms with van der Waals surface area (Å²) in [5, 5.41) is 0.440. The van der Waals surface area contributed by atoms with Crippen LogP contribution in [0.4, 0.5) is 5.69 Å². The Balaban J connectivity index is 2.03. The summed E-state index contributed by atoms with van der Waals surface area (Å²) in [6.07, 6.45) is 0. The topological polar surface area (TPSA) is 43.7 Å². The minimum absolute atomic E-state index is 0.440. The van der Waals surface area contributed by atoms with Crippen LogP contribution in [-0.2, 0) is 0 Å². The number of benzene rings is 1. The van der Waals surface area contributed by atoms with Crippen molar-refractivity contribution in [3.05, 3.63) is 28.0 Å². The van der Waals surface area contributed by atoms with E-state index < -0.39 is 0 Å². The Labute approximate surface area is 110 Å². The third-order valence-electron chi connectivity index (χ3n) is 2.17. The van der Waals surface area contributed by atoms with Crippen LogP contribution in [0.1, 0.15) is 0 Å². The van der Waals surface area contributed by atoms with Gasteiger partial charge in [-0.25, -0.2) is 4.99 Å². The number of nitrogens with zero attached hydrogens (tertiary/aromatic N) is 2. The van der Waals surface area contributed by atoms with Crippen LogP contribution >= 0.6 is 32.5 Å². The van der Waals surface area contributed by atoms with E-state index in [4.69, 9.17) is 21.1 Å². The lowest BCUT2D eigenvalue weighted by molar-refractivity contribution is 0.171. The minimum atomic E-state index is 0.440. The standard InChI is InChI=1S/C10H7ClN2O2S2/c11-9-10(16-17-13-9)12-6-1-2-7-8(5-6)15-4-3-14-7/h1-2,5H,3-4H2. The second-order valence-corrected chi connectivity index (χ2v) is 5.48. The fourth-order valence-electron chi connectivity index (χ4n) is 1.44. The van der Waals surface area contributed by atoms with Gasteiger partial charge in [-0.05, 0) is 22.5 Å². The highest BCUT2D eigenvalue weighted by Gasteiger charge is 2.11. The van der Waals surface area contributed by atoms with Crippen LogP contribution in [0.3, 0.4) is 0 Å². The maximum absolute atomic E-state index is 5.89. The molecule has 2 aromatic rings. The van der Waals surface area contributed by atoms with E-state index in [0.717, 1.165) is 17.2 Å². The second kappa shape index (κ2) is 4.64. The van der Waals surface area contributed by atoms with Crippen molar-refractivity contribution in [2.75, 3.05) is 13.2 Å². The molecule has 0 atom stereocenters. The molecule has 17 heavy (non-hydrogen) atoms. The number of hydrogen-bond acceptors (Lipinski definition) is 6. The van der Waals surface area contributed by atoms with Gasteiger partial charge in [0.15, 0.2) is 21.3 Å². The van der Waals surface area contributed by atoms with Crippen molar-refractivity contribution in [2.45, 2.75) is 0 Å². The van der Waals surface area contributed by atoms with E-state index in [1.807, 2.05) is 18.2 Å². The van der Waals surface area contributed by atoms with Gasteiger partial charge in [-0.1, -0.05) is 11.6 Å². The van der Waals surface area contributed by atoms with Crippen LogP contribution in [0, 0.1) is 0 Å².